The van der Waals surface area contributed by atoms with Crippen molar-refractivity contribution >= 4 is 8.56 Å². The van der Waals surface area contributed by atoms with Crippen molar-refractivity contribution in [3.8, 4) is 0 Å². The van der Waals surface area contributed by atoms with Crippen molar-refractivity contribution in [1.29, 1.82) is 0 Å². The van der Waals surface area contributed by atoms with Crippen molar-refractivity contribution in [1.82, 2.24) is 0 Å². The first-order valence-corrected chi connectivity index (χ1v) is 9.67. The van der Waals surface area contributed by atoms with Crippen molar-refractivity contribution in [3.63, 3.8) is 0 Å². The van der Waals surface area contributed by atoms with Crippen LogP contribution in [0.15, 0.2) is 0 Å². The average molecular weight is 309 g/mol. The number of ether oxygens (including phenoxy) is 3. The molecule has 0 aromatic heterocycles. The van der Waals surface area contributed by atoms with E-state index in [1.54, 1.807) is 7.11 Å². The molecule has 0 aromatic carbocycles. The first-order valence-electron chi connectivity index (χ1n) is 7.44. The Hall–Kier alpha value is -0.0231. The fourth-order valence-corrected chi connectivity index (χ4v) is 4.48. The minimum Gasteiger partial charge on any atom is -0.397 e. The highest BCUT2D eigenvalue weighted by Gasteiger charge is 2.47. The molecule has 0 bridgehead atoms. The van der Waals surface area contributed by atoms with Crippen LogP contribution in [0.1, 0.15) is 34.1 Å². The quantitative estimate of drug-likeness (QED) is 0.415. The SMILES string of the molecule is CCOC(OCC)(OCC)O[Si](CC)(CCCN)OC. The Morgan fingerprint density at radius 1 is 0.950 bits per heavy atom. The molecule has 0 spiro atoms. The zero-order chi connectivity index (χ0) is 15.5. The van der Waals surface area contributed by atoms with Crippen LogP contribution in [0.2, 0.25) is 12.1 Å². The van der Waals surface area contributed by atoms with Crippen molar-refractivity contribution in [2.45, 2.75) is 52.4 Å². The highest BCUT2D eigenvalue weighted by atomic mass is 28.4. The predicted molar refractivity (Wildman–Crippen MR) is 80.4 cm³/mol. The lowest BCUT2D eigenvalue weighted by atomic mass is 10.5. The van der Waals surface area contributed by atoms with Crippen LogP contribution in [0, 0.1) is 0 Å². The van der Waals surface area contributed by atoms with Gasteiger partial charge in [0.1, 0.15) is 0 Å². The second-order valence-corrected chi connectivity index (χ2v) is 7.90. The number of hydrogen-bond donors (Lipinski definition) is 1. The van der Waals surface area contributed by atoms with Gasteiger partial charge in [-0.3, -0.25) is 0 Å². The van der Waals surface area contributed by atoms with E-state index >= 15 is 0 Å². The third-order valence-corrected chi connectivity index (χ3v) is 6.51. The molecule has 0 aliphatic heterocycles. The molecule has 0 aliphatic rings. The van der Waals surface area contributed by atoms with Gasteiger partial charge in [0.15, 0.2) is 0 Å². The lowest BCUT2D eigenvalue weighted by molar-refractivity contribution is -0.475. The van der Waals surface area contributed by atoms with E-state index < -0.39 is 14.7 Å². The molecular weight excluding hydrogens is 278 g/mol. The fraction of sp³-hybridized carbons (Fsp3) is 1.00. The van der Waals surface area contributed by atoms with E-state index in [9.17, 15) is 0 Å². The molecule has 1 unspecified atom stereocenters. The number of nitrogens with two attached hydrogens (primary N) is 1. The first-order chi connectivity index (χ1) is 9.57. The van der Waals surface area contributed by atoms with E-state index in [1.807, 2.05) is 27.7 Å². The van der Waals surface area contributed by atoms with Gasteiger partial charge in [0.2, 0.25) is 0 Å². The molecule has 0 radical (unpaired) electrons. The maximum atomic E-state index is 6.14. The second-order valence-electron chi connectivity index (χ2n) is 4.26. The Balaban J connectivity index is 5.11. The van der Waals surface area contributed by atoms with Crippen molar-refractivity contribution in [3.05, 3.63) is 0 Å². The predicted octanol–water partition coefficient (Wildman–Crippen LogP) is 2.18. The minimum atomic E-state index is -2.47. The summed E-state index contributed by atoms with van der Waals surface area (Å²) in [5.41, 5.74) is 5.60. The second kappa shape index (κ2) is 10.7. The van der Waals surface area contributed by atoms with Gasteiger partial charge in [-0.1, -0.05) is 6.92 Å². The van der Waals surface area contributed by atoms with Crippen LogP contribution in [0.25, 0.3) is 0 Å². The molecule has 1 atom stereocenters. The van der Waals surface area contributed by atoms with E-state index in [2.05, 4.69) is 0 Å². The van der Waals surface area contributed by atoms with Crippen molar-refractivity contribution in [2.24, 2.45) is 5.73 Å². The molecule has 0 rings (SSSR count). The molecule has 0 fully saturated rings. The summed E-state index contributed by atoms with van der Waals surface area (Å²) in [5.74, 6) is 0. The van der Waals surface area contributed by atoms with E-state index in [0.29, 0.717) is 26.4 Å². The van der Waals surface area contributed by atoms with Gasteiger partial charge >= 0.3 is 14.7 Å². The van der Waals surface area contributed by atoms with Gasteiger partial charge in [-0.05, 0) is 45.8 Å². The van der Waals surface area contributed by atoms with E-state index in [1.165, 1.54) is 0 Å². The van der Waals surface area contributed by atoms with Crippen LogP contribution >= 0.6 is 0 Å². The van der Waals surface area contributed by atoms with Gasteiger partial charge < -0.3 is 28.8 Å². The topological polar surface area (TPSA) is 72.2 Å². The first kappa shape index (κ1) is 20.0. The Labute approximate surface area is 124 Å². The smallest absolute Gasteiger partial charge is 0.397 e. The molecule has 0 amide bonds. The lowest BCUT2D eigenvalue weighted by Gasteiger charge is -2.39. The molecule has 0 saturated heterocycles. The highest BCUT2D eigenvalue weighted by molar-refractivity contribution is 6.67. The zero-order valence-electron chi connectivity index (χ0n) is 13.6. The molecular formula is C13H31NO5Si. The molecule has 0 heterocycles. The van der Waals surface area contributed by atoms with Crippen LogP contribution in [0.3, 0.4) is 0 Å². The van der Waals surface area contributed by atoms with Gasteiger partial charge in [-0.25, -0.2) is 0 Å². The molecule has 0 aromatic rings. The van der Waals surface area contributed by atoms with Crippen LogP contribution < -0.4 is 5.73 Å². The van der Waals surface area contributed by atoms with Crippen LogP contribution in [-0.4, -0.2) is 48.2 Å². The summed E-state index contributed by atoms with van der Waals surface area (Å²) in [6.45, 7) is 9.54. The highest BCUT2D eigenvalue weighted by Crippen LogP contribution is 2.29. The van der Waals surface area contributed by atoms with Gasteiger partial charge in [0, 0.05) is 7.11 Å². The summed E-state index contributed by atoms with van der Waals surface area (Å²) >= 11 is 0. The summed E-state index contributed by atoms with van der Waals surface area (Å²) in [5, 5.41) is 0. The van der Waals surface area contributed by atoms with Crippen LogP contribution in [0.4, 0.5) is 0 Å². The fourth-order valence-electron chi connectivity index (χ4n) is 1.93. The third kappa shape index (κ3) is 6.17. The maximum Gasteiger partial charge on any atom is 0.404 e. The van der Waals surface area contributed by atoms with E-state index in [4.69, 9.17) is 28.8 Å². The Morgan fingerprint density at radius 3 is 1.75 bits per heavy atom. The molecule has 0 aliphatic carbocycles. The summed E-state index contributed by atoms with van der Waals surface area (Å²) < 4.78 is 28.7. The largest absolute Gasteiger partial charge is 0.404 e. The molecule has 0 saturated carbocycles. The summed E-state index contributed by atoms with van der Waals surface area (Å²) in [7, 11) is -0.799. The standard InChI is InChI=1S/C13H31NO5Si/c1-6-16-13(17-7-2,18-8-3)19-20(9-4,15-5)12-10-11-14/h6-12,14H2,1-5H3. The van der Waals surface area contributed by atoms with Gasteiger partial charge in [0.05, 0.1) is 19.8 Å². The Morgan fingerprint density at radius 2 is 1.45 bits per heavy atom. The van der Waals surface area contributed by atoms with Crippen LogP contribution in [0.5, 0.6) is 0 Å². The van der Waals surface area contributed by atoms with Gasteiger partial charge in [-0.15, -0.1) is 0 Å². The summed E-state index contributed by atoms with van der Waals surface area (Å²) in [6.07, 6.45) is -0.626. The lowest BCUT2D eigenvalue weighted by Crippen LogP contribution is -2.54. The Bertz CT molecular complexity index is 222. The van der Waals surface area contributed by atoms with Gasteiger partial charge in [-0.2, -0.15) is 0 Å². The van der Waals surface area contributed by atoms with Gasteiger partial charge in [0.25, 0.3) is 0 Å². The summed E-state index contributed by atoms with van der Waals surface area (Å²) in [6, 6.07) is 1.56. The van der Waals surface area contributed by atoms with Crippen LogP contribution in [-0.2, 0) is 23.1 Å². The molecule has 6 nitrogen and oxygen atoms in total. The normalized spacial score (nSPS) is 15.3. The van der Waals surface area contributed by atoms with E-state index in [-0.39, 0.29) is 0 Å². The molecule has 20 heavy (non-hydrogen) atoms. The van der Waals surface area contributed by atoms with E-state index in [0.717, 1.165) is 18.5 Å². The zero-order valence-corrected chi connectivity index (χ0v) is 14.6. The van der Waals surface area contributed by atoms with Crippen molar-refractivity contribution in [2.75, 3.05) is 33.5 Å². The number of hydrogen-bond acceptors (Lipinski definition) is 6. The third-order valence-electron chi connectivity index (χ3n) is 2.95. The monoisotopic (exact) mass is 309 g/mol. The Kier molecular flexibility index (Phi) is 10.7. The number of rotatable bonds is 13. The molecule has 2 N–H and O–H groups in total. The average Bonchev–Trinajstić information content (AvgIpc) is 2.44. The molecule has 7 heteroatoms. The molecule has 122 valence electrons. The maximum absolute atomic E-state index is 6.14. The summed E-state index contributed by atoms with van der Waals surface area (Å²) in [4.78, 5) is 0. The van der Waals surface area contributed by atoms with Crippen molar-refractivity contribution < 1.29 is 23.1 Å². The minimum absolute atomic E-state index is 0.425.